The summed E-state index contributed by atoms with van der Waals surface area (Å²) in [5.74, 6) is 1.44. The Labute approximate surface area is 122 Å². The van der Waals surface area contributed by atoms with Crippen LogP contribution in [0.3, 0.4) is 0 Å². The van der Waals surface area contributed by atoms with E-state index in [1.165, 1.54) is 30.6 Å². The third kappa shape index (κ3) is 2.22. The first-order valence-electron chi connectivity index (χ1n) is 7.20. The summed E-state index contributed by atoms with van der Waals surface area (Å²) in [6.45, 7) is 6.09. The Balaban J connectivity index is 1.83. The summed E-state index contributed by atoms with van der Waals surface area (Å²) in [6, 6.07) is 0.310. The van der Waals surface area contributed by atoms with E-state index in [-0.39, 0.29) is 5.91 Å². The number of carbonyl (C=O) groups excluding carboxylic acids is 1. The Bertz CT molecular complexity index is 645. The fourth-order valence-electron chi connectivity index (χ4n) is 3.04. The molecule has 0 bridgehead atoms. The van der Waals surface area contributed by atoms with Crippen molar-refractivity contribution in [1.29, 1.82) is 0 Å². The molecule has 0 aromatic carbocycles. The van der Waals surface area contributed by atoms with Gasteiger partial charge in [0.25, 0.3) is 5.91 Å². The maximum Gasteiger partial charge on any atom is 0.263 e. The molecule has 1 aliphatic rings. The molecule has 1 saturated carbocycles. The van der Waals surface area contributed by atoms with Gasteiger partial charge in [-0.25, -0.2) is 0 Å². The Morgan fingerprint density at radius 2 is 2.05 bits per heavy atom. The van der Waals surface area contributed by atoms with Crippen LogP contribution in [0, 0.1) is 19.8 Å². The van der Waals surface area contributed by atoms with Crippen molar-refractivity contribution < 1.29 is 4.79 Å². The number of hydrogen-bond acceptors (Lipinski definition) is 4. The van der Waals surface area contributed by atoms with Gasteiger partial charge in [-0.2, -0.15) is 0 Å². The van der Waals surface area contributed by atoms with Crippen molar-refractivity contribution in [1.82, 2.24) is 19.9 Å². The van der Waals surface area contributed by atoms with Gasteiger partial charge >= 0.3 is 0 Å². The third-order valence-corrected chi connectivity index (χ3v) is 5.42. The Hall–Kier alpha value is -1.43. The second-order valence-electron chi connectivity index (χ2n) is 5.72. The smallest absolute Gasteiger partial charge is 0.263 e. The summed E-state index contributed by atoms with van der Waals surface area (Å²) in [6.07, 6.45) is 4.80. The molecule has 1 aliphatic carbocycles. The van der Waals surface area contributed by atoms with Crippen molar-refractivity contribution in [3.8, 4) is 0 Å². The maximum absolute atomic E-state index is 12.5. The van der Waals surface area contributed by atoms with Gasteiger partial charge in [0.15, 0.2) is 0 Å². The average Bonchev–Trinajstić information content (AvgIpc) is 2.94. The Morgan fingerprint density at radius 3 is 2.75 bits per heavy atom. The van der Waals surface area contributed by atoms with Crippen LogP contribution in [0.2, 0.25) is 0 Å². The first kappa shape index (κ1) is 13.5. The number of thiazole rings is 1. The molecule has 5 nitrogen and oxygen atoms in total. The summed E-state index contributed by atoms with van der Waals surface area (Å²) in [5.41, 5.74) is 0.938. The van der Waals surface area contributed by atoms with Crippen LogP contribution in [0.15, 0.2) is 0 Å². The fourth-order valence-corrected chi connectivity index (χ4v) is 4.05. The molecular weight excluding hydrogens is 272 g/mol. The first-order valence-corrected chi connectivity index (χ1v) is 8.01. The summed E-state index contributed by atoms with van der Waals surface area (Å²) >= 11 is 1.42. The predicted octanol–water partition coefficient (Wildman–Crippen LogP) is 2.72. The van der Waals surface area contributed by atoms with Crippen LogP contribution in [0.1, 0.15) is 53.8 Å². The van der Waals surface area contributed by atoms with E-state index in [0.717, 1.165) is 27.8 Å². The molecule has 20 heavy (non-hydrogen) atoms. The van der Waals surface area contributed by atoms with Crippen LogP contribution in [0.4, 0.5) is 0 Å². The van der Waals surface area contributed by atoms with Gasteiger partial charge in [-0.05, 0) is 32.6 Å². The number of aryl methyl sites for hydroxylation is 2. The zero-order valence-electron chi connectivity index (χ0n) is 12.1. The van der Waals surface area contributed by atoms with Crippen LogP contribution in [-0.2, 0) is 0 Å². The van der Waals surface area contributed by atoms with Crippen LogP contribution >= 0.6 is 11.3 Å². The van der Waals surface area contributed by atoms with Crippen molar-refractivity contribution in [3.63, 3.8) is 0 Å². The van der Waals surface area contributed by atoms with Crippen LogP contribution in [-0.4, -0.2) is 26.5 Å². The minimum absolute atomic E-state index is 0.0381. The highest BCUT2D eigenvalue weighted by Gasteiger charge is 2.25. The van der Waals surface area contributed by atoms with Crippen molar-refractivity contribution in [2.45, 2.75) is 52.5 Å². The van der Waals surface area contributed by atoms with Gasteiger partial charge in [-0.3, -0.25) is 9.20 Å². The number of amides is 1. The number of aromatic nitrogens is 3. The zero-order valence-corrected chi connectivity index (χ0v) is 13.0. The van der Waals surface area contributed by atoms with Gasteiger partial charge < -0.3 is 5.32 Å². The second kappa shape index (κ2) is 5.16. The summed E-state index contributed by atoms with van der Waals surface area (Å²) < 4.78 is 1.95. The van der Waals surface area contributed by atoms with E-state index < -0.39 is 0 Å². The summed E-state index contributed by atoms with van der Waals surface area (Å²) in [5, 5.41) is 11.3. The molecule has 2 atom stereocenters. The standard InChI is InChI=1S/C14H20N4OS/c1-8-6-4-5-7-11(8)15-13(19)12-9(2)18-10(3)16-17-14(18)20-12/h8,11H,4-7H2,1-3H3,(H,15,19). The molecule has 2 unspecified atom stereocenters. The molecule has 0 aliphatic heterocycles. The van der Waals surface area contributed by atoms with E-state index in [4.69, 9.17) is 0 Å². The average molecular weight is 292 g/mol. The molecule has 0 radical (unpaired) electrons. The highest BCUT2D eigenvalue weighted by Crippen LogP contribution is 2.26. The molecule has 2 aromatic rings. The van der Waals surface area contributed by atoms with Gasteiger partial charge in [0.2, 0.25) is 4.96 Å². The van der Waals surface area contributed by atoms with E-state index in [2.05, 4.69) is 22.4 Å². The number of rotatable bonds is 2. The second-order valence-corrected chi connectivity index (χ2v) is 6.70. The van der Waals surface area contributed by atoms with Crippen molar-refractivity contribution in [2.24, 2.45) is 5.92 Å². The van der Waals surface area contributed by atoms with Gasteiger partial charge in [-0.1, -0.05) is 31.1 Å². The normalized spacial score (nSPS) is 23.1. The molecule has 108 valence electrons. The van der Waals surface area contributed by atoms with Gasteiger partial charge in [0, 0.05) is 11.7 Å². The van der Waals surface area contributed by atoms with E-state index >= 15 is 0 Å². The molecule has 0 saturated heterocycles. The van der Waals surface area contributed by atoms with Gasteiger partial charge in [0.05, 0.1) is 0 Å². The molecule has 1 fully saturated rings. The minimum atomic E-state index is 0.0381. The quantitative estimate of drug-likeness (QED) is 0.926. The maximum atomic E-state index is 12.5. The lowest BCUT2D eigenvalue weighted by molar-refractivity contribution is 0.0913. The molecule has 2 heterocycles. The summed E-state index contributed by atoms with van der Waals surface area (Å²) in [4.78, 5) is 14.0. The first-order chi connectivity index (χ1) is 9.58. The molecule has 0 spiro atoms. The molecule has 2 aromatic heterocycles. The number of carbonyl (C=O) groups is 1. The van der Waals surface area contributed by atoms with Crippen LogP contribution < -0.4 is 5.32 Å². The van der Waals surface area contributed by atoms with Crippen molar-refractivity contribution in [2.75, 3.05) is 0 Å². The largest absolute Gasteiger partial charge is 0.348 e. The molecule has 1 amide bonds. The van der Waals surface area contributed by atoms with E-state index in [0.29, 0.717) is 12.0 Å². The van der Waals surface area contributed by atoms with Crippen LogP contribution in [0.25, 0.3) is 4.96 Å². The topological polar surface area (TPSA) is 59.3 Å². The Morgan fingerprint density at radius 1 is 1.30 bits per heavy atom. The Kier molecular flexibility index (Phi) is 3.50. The SMILES string of the molecule is Cc1nnc2sc(C(=O)NC3CCCCC3C)c(C)n12. The molecule has 3 rings (SSSR count). The zero-order chi connectivity index (χ0) is 14.3. The molecule has 1 N–H and O–H groups in total. The lowest BCUT2D eigenvalue weighted by Gasteiger charge is -2.29. The highest BCUT2D eigenvalue weighted by molar-refractivity contribution is 7.19. The minimum Gasteiger partial charge on any atom is -0.348 e. The van der Waals surface area contributed by atoms with Gasteiger partial charge in [-0.15, -0.1) is 10.2 Å². The number of fused-ring (bicyclic) bond motifs is 1. The van der Waals surface area contributed by atoms with Crippen molar-refractivity contribution in [3.05, 3.63) is 16.4 Å². The fraction of sp³-hybridized carbons (Fsp3) is 0.643. The van der Waals surface area contributed by atoms with Gasteiger partial charge in [0.1, 0.15) is 10.7 Å². The lowest BCUT2D eigenvalue weighted by atomic mass is 9.86. The van der Waals surface area contributed by atoms with E-state index in [9.17, 15) is 4.79 Å². The third-order valence-electron chi connectivity index (χ3n) is 4.29. The highest BCUT2D eigenvalue weighted by atomic mass is 32.1. The van der Waals surface area contributed by atoms with E-state index in [1.807, 2.05) is 18.2 Å². The lowest BCUT2D eigenvalue weighted by Crippen LogP contribution is -2.41. The molecule has 6 heteroatoms. The van der Waals surface area contributed by atoms with Crippen LogP contribution in [0.5, 0.6) is 0 Å². The van der Waals surface area contributed by atoms with Crippen molar-refractivity contribution >= 4 is 22.2 Å². The molecular formula is C14H20N4OS. The number of nitrogens with one attached hydrogen (secondary N) is 1. The monoisotopic (exact) mass is 292 g/mol. The predicted molar refractivity (Wildman–Crippen MR) is 79.2 cm³/mol. The summed E-state index contributed by atoms with van der Waals surface area (Å²) in [7, 11) is 0. The number of nitrogens with zero attached hydrogens (tertiary/aromatic N) is 3. The van der Waals surface area contributed by atoms with E-state index in [1.54, 1.807) is 0 Å². The number of hydrogen-bond donors (Lipinski definition) is 1.